The molecule has 1 aliphatic heterocycles. The summed E-state index contributed by atoms with van der Waals surface area (Å²) in [7, 11) is 0. The van der Waals surface area contributed by atoms with Crippen LogP contribution in [0.1, 0.15) is 37.7 Å². The van der Waals surface area contributed by atoms with Gasteiger partial charge in [-0.05, 0) is 18.4 Å². The molecule has 0 saturated carbocycles. The van der Waals surface area contributed by atoms with E-state index in [1.165, 1.54) is 0 Å². The average Bonchev–Trinajstić information content (AvgIpc) is 3.01. The summed E-state index contributed by atoms with van der Waals surface area (Å²) in [5.41, 5.74) is 2.91. The highest BCUT2D eigenvalue weighted by Gasteiger charge is 2.17. The fraction of sp³-hybridized carbons (Fsp3) is 0.421. The Kier molecular flexibility index (Phi) is 5.82. The number of hydrogen-bond donors (Lipinski definition) is 2. The smallest absolute Gasteiger partial charge is 0.222 e. The molecule has 0 aliphatic carbocycles. The molecule has 0 atom stereocenters. The number of carbonyl (C=O) groups excluding carboxylic acids is 2. The summed E-state index contributed by atoms with van der Waals surface area (Å²) in [6, 6.07) is 9.91. The first-order valence-corrected chi connectivity index (χ1v) is 8.86. The van der Waals surface area contributed by atoms with Crippen LogP contribution in [0.2, 0.25) is 0 Å². The van der Waals surface area contributed by atoms with Gasteiger partial charge >= 0.3 is 0 Å². The van der Waals surface area contributed by atoms with E-state index >= 15 is 0 Å². The molecule has 2 aromatic rings. The molecule has 3 rings (SSSR count). The lowest BCUT2D eigenvalue weighted by atomic mass is 10.1. The molecule has 2 heterocycles. The first-order chi connectivity index (χ1) is 12.2. The van der Waals surface area contributed by atoms with Crippen molar-refractivity contribution in [3.63, 3.8) is 0 Å². The topological polar surface area (TPSA) is 78.1 Å². The molecule has 2 N–H and O–H groups in total. The highest BCUT2D eigenvalue weighted by molar-refractivity contribution is 5.79. The van der Waals surface area contributed by atoms with Crippen molar-refractivity contribution >= 4 is 11.8 Å². The normalized spacial score (nSPS) is 15.0. The third-order valence-corrected chi connectivity index (χ3v) is 4.54. The third kappa shape index (κ3) is 4.68. The lowest BCUT2D eigenvalue weighted by Gasteiger charge is -2.20. The molecule has 0 unspecified atom stereocenters. The first kappa shape index (κ1) is 17.2. The maximum atomic E-state index is 12.1. The molecule has 1 aromatic carbocycles. The predicted molar refractivity (Wildman–Crippen MR) is 95.5 cm³/mol. The maximum absolute atomic E-state index is 12.1. The largest absolute Gasteiger partial charge is 0.352 e. The van der Waals surface area contributed by atoms with Gasteiger partial charge in [0.1, 0.15) is 0 Å². The quantitative estimate of drug-likeness (QED) is 0.848. The van der Waals surface area contributed by atoms with E-state index in [2.05, 4.69) is 15.5 Å². The zero-order valence-corrected chi connectivity index (χ0v) is 14.3. The number of amides is 2. The van der Waals surface area contributed by atoms with Gasteiger partial charge in [-0.15, -0.1) is 0 Å². The van der Waals surface area contributed by atoms with Gasteiger partial charge in [-0.3, -0.25) is 14.7 Å². The number of H-pyrrole nitrogens is 1. The van der Waals surface area contributed by atoms with Crippen LogP contribution >= 0.6 is 0 Å². The molecule has 1 aliphatic rings. The maximum Gasteiger partial charge on any atom is 0.222 e. The Hall–Kier alpha value is -2.63. The molecule has 25 heavy (non-hydrogen) atoms. The van der Waals surface area contributed by atoms with Crippen molar-refractivity contribution in [2.45, 2.75) is 38.6 Å². The Labute approximate surface area is 147 Å². The molecule has 1 aromatic heterocycles. The first-order valence-electron chi connectivity index (χ1n) is 8.86. The Morgan fingerprint density at radius 2 is 2.04 bits per heavy atom. The van der Waals surface area contributed by atoms with Gasteiger partial charge in [0.15, 0.2) is 0 Å². The predicted octanol–water partition coefficient (Wildman–Crippen LogP) is 2.49. The summed E-state index contributed by atoms with van der Waals surface area (Å²) >= 11 is 0. The second kappa shape index (κ2) is 8.46. The van der Waals surface area contributed by atoms with Gasteiger partial charge in [-0.1, -0.05) is 36.8 Å². The van der Waals surface area contributed by atoms with Crippen molar-refractivity contribution in [2.24, 2.45) is 0 Å². The SMILES string of the molecule is O=C(CCN1CCCCCC1=O)NCc1cn[nH]c1-c1ccccc1. The standard InChI is InChI=1S/C19H24N4O2/c24-17(10-12-23-11-6-2-5-9-18(23)25)20-13-16-14-21-22-19(16)15-7-3-1-4-8-15/h1,3-4,7-8,14H,2,5-6,9-13H2,(H,20,24)(H,21,22). The van der Waals surface area contributed by atoms with Crippen molar-refractivity contribution in [1.29, 1.82) is 0 Å². The molecule has 6 heteroatoms. The van der Waals surface area contributed by atoms with Crippen LogP contribution in [-0.4, -0.2) is 40.0 Å². The van der Waals surface area contributed by atoms with Crippen LogP contribution in [0.5, 0.6) is 0 Å². The van der Waals surface area contributed by atoms with Gasteiger partial charge in [-0.2, -0.15) is 5.10 Å². The third-order valence-electron chi connectivity index (χ3n) is 4.54. The van der Waals surface area contributed by atoms with E-state index in [0.717, 1.165) is 42.6 Å². The Morgan fingerprint density at radius 1 is 1.20 bits per heavy atom. The number of aromatic nitrogens is 2. The molecular formula is C19H24N4O2. The zero-order valence-electron chi connectivity index (χ0n) is 14.3. The van der Waals surface area contributed by atoms with Crippen LogP contribution in [0.3, 0.4) is 0 Å². The molecule has 1 saturated heterocycles. The minimum atomic E-state index is -0.0442. The number of aromatic amines is 1. The van der Waals surface area contributed by atoms with E-state index in [-0.39, 0.29) is 11.8 Å². The van der Waals surface area contributed by atoms with Crippen molar-refractivity contribution in [1.82, 2.24) is 20.4 Å². The van der Waals surface area contributed by atoms with E-state index in [0.29, 0.717) is 25.9 Å². The van der Waals surface area contributed by atoms with Gasteiger partial charge in [0, 0.05) is 38.0 Å². The van der Waals surface area contributed by atoms with Crippen molar-refractivity contribution in [3.05, 3.63) is 42.1 Å². The molecule has 132 valence electrons. The Balaban J connectivity index is 1.50. The molecule has 0 radical (unpaired) electrons. The lowest BCUT2D eigenvalue weighted by molar-refractivity contribution is -0.131. The van der Waals surface area contributed by atoms with Crippen molar-refractivity contribution in [2.75, 3.05) is 13.1 Å². The number of hydrogen-bond acceptors (Lipinski definition) is 3. The Bertz CT molecular complexity index is 711. The summed E-state index contributed by atoms with van der Waals surface area (Å²) in [5, 5.41) is 10.0. The van der Waals surface area contributed by atoms with Crippen LogP contribution < -0.4 is 5.32 Å². The minimum absolute atomic E-state index is 0.0442. The van der Waals surface area contributed by atoms with Gasteiger partial charge < -0.3 is 10.2 Å². The van der Waals surface area contributed by atoms with E-state index in [1.807, 2.05) is 35.2 Å². The summed E-state index contributed by atoms with van der Waals surface area (Å²) in [6.07, 6.45) is 5.77. The molecule has 0 bridgehead atoms. The zero-order chi connectivity index (χ0) is 17.5. The highest BCUT2D eigenvalue weighted by atomic mass is 16.2. The molecule has 2 amide bonds. The number of benzene rings is 1. The van der Waals surface area contributed by atoms with E-state index in [1.54, 1.807) is 6.20 Å². The average molecular weight is 340 g/mol. The monoisotopic (exact) mass is 340 g/mol. The fourth-order valence-corrected chi connectivity index (χ4v) is 3.09. The van der Waals surface area contributed by atoms with Crippen LogP contribution in [0, 0.1) is 0 Å². The number of nitrogens with zero attached hydrogens (tertiary/aromatic N) is 2. The van der Waals surface area contributed by atoms with Crippen LogP contribution in [0.4, 0.5) is 0 Å². The van der Waals surface area contributed by atoms with Gasteiger partial charge in [0.2, 0.25) is 11.8 Å². The van der Waals surface area contributed by atoms with Crippen LogP contribution in [0.15, 0.2) is 36.5 Å². The summed E-state index contributed by atoms with van der Waals surface area (Å²) in [4.78, 5) is 25.9. The highest BCUT2D eigenvalue weighted by Crippen LogP contribution is 2.20. The lowest BCUT2D eigenvalue weighted by Crippen LogP contribution is -2.34. The number of likely N-dealkylation sites (tertiary alicyclic amines) is 1. The van der Waals surface area contributed by atoms with Gasteiger partial charge in [0.25, 0.3) is 0 Å². The second-order valence-corrected chi connectivity index (χ2v) is 6.35. The number of rotatable bonds is 6. The fourth-order valence-electron chi connectivity index (χ4n) is 3.09. The molecule has 1 fully saturated rings. The molecular weight excluding hydrogens is 316 g/mol. The number of carbonyl (C=O) groups is 2. The second-order valence-electron chi connectivity index (χ2n) is 6.35. The minimum Gasteiger partial charge on any atom is -0.352 e. The molecule has 6 nitrogen and oxygen atoms in total. The summed E-state index contributed by atoms with van der Waals surface area (Å²) in [6.45, 7) is 1.70. The molecule has 0 spiro atoms. The van der Waals surface area contributed by atoms with Crippen molar-refractivity contribution < 1.29 is 9.59 Å². The number of nitrogens with one attached hydrogen (secondary N) is 2. The van der Waals surface area contributed by atoms with Gasteiger partial charge in [0.05, 0.1) is 11.9 Å². The summed E-state index contributed by atoms with van der Waals surface area (Å²) < 4.78 is 0. The van der Waals surface area contributed by atoms with Gasteiger partial charge in [-0.25, -0.2) is 0 Å². The van der Waals surface area contributed by atoms with E-state index in [9.17, 15) is 9.59 Å². The van der Waals surface area contributed by atoms with Crippen LogP contribution in [0.25, 0.3) is 11.3 Å². The Morgan fingerprint density at radius 3 is 2.88 bits per heavy atom. The van der Waals surface area contributed by atoms with Crippen molar-refractivity contribution in [3.8, 4) is 11.3 Å². The van der Waals surface area contributed by atoms with Crippen LogP contribution in [-0.2, 0) is 16.1 Å². The summed E-state index contributed by atoms with van der Waals surface area (Å²) in [5.74, 6) is 0.128. The van der Waals surface area contributed by atoms with E-state index < -0.39 is 0 Å². The van der Waals surface area contributed by atoms with E-state index in [4.69, 9.17) is 0 Å².